The van der Waals surface area contributed by atoms with Crippen molar-refractivity contribution >= 4 is 5.97 Å². The number of carbonyl (C=O) groups excluding carboxylic acids is 1. The van der Waals surface area contributed by atoms with Crippen LogP contribution < -0.4 is 0 Å². The highest BCUT2D eigenvalue weighted by molar-refractivity contribution is 5.91. The van der Waals surface area contributed by atoms with Crippen molar-refractivity contribution in [2.75, 3.05) is 6.61 Å². The Morgan fingerprint density at radius 2 is 1.97 bits per heavy atom. The Hall–Kier alpha value is -2.89. The van der Waals surface area contributed by atoms with E-state index in [-0.39, 0.29) is 11.4 Å². The van der Waals surface area contributed by atoms with E-state index in [1.54, 1.807) is 6.20 Å². The molecule has 2 fully saturated rings. The van der Waals surface area contributed by atoms with Crippen molar-refractivity contribution < 1.29 is 9.53 Å². The minimum absolute atomic E-state index is 0.217. The molecule has 0 N–H and O–H groups in total. The highest BCUT2D eigenvalue weighted by atomic mass is 16.5. The fraction of sp³-hybridized carbons (Fsp3) is 0.552. The second-order valence-corrected chi connectivity index (χ2v) is 11.3. The number of rotatable bonds is 6. The lowest BCUT2D eigenvalue weighted by atomic mass is 9.80. The predicted octanol–water partition coefficient (Wildman–Crippen LogP) is 6.25. The summed E-state index contributed by atoms with van der Waals surface area (Å²) in [5.74, 6) is 0.633. The van der Waals surface area contributed by atoms with Crippen molar-refractivity contribution in [1.82, 2.24) is 19.6 Å². The molecule has 0 amide bonds. The van der Waals surface area contributed by atoms with Crippen LogP contribution in [-0.4, -0.2) is 32.1 Å². The van der Waals surface area contributed by atoms with Gasteiger partial charge in [-0.3, -0.25) is 4.68 Å². The summed E-state index contributed by atoms with van der Waals surface area (Å²) in [4.78, 5) is 12.5. The van der Waals surface area contributed by atoms with Gasteiger partial charge in [0.15, 0.2) is 0 Å². The van der Waals surface area contributed by atoms with Gasteiger partial charge < -0.3 is 4.74 Å². The van der Waals surface area contributed by atoms with E-state index in [1.165, 1.54) is 42.5 Å². The van der Waals surface area contributed by atoms with Gasteiger partial charge in [-0.2, -0.15) is 10.2 Å². The van der Waals surface area contributed by atoms with E-state index >= 15 is 0 Å². The van der Waals surface area contributed by atoms with Crippen molar-refractivity contribution in [3.05, 3.63) is 64.7 Å². The normalized spacial score (nSPS) is 23.3. The van der Waals surface area contributed by atoms with Crippen LogP contribution in [0.3, 0.4) is 0 Å². The van der Waals surface area contributed by atoms with Gasteiger partial charge in [0, 0.05) is 17.0 Å². The van der Waals surface area contributed by atoms with E-state index in [1.807, 2.05) is 11.6 Å². The maximum absolute atomic E-state index is 12.5. The molecule has 6 nitrogen and oxygen atoms in total. The summed E-state index contributed by atoms with van der Waals surface area (Å²) in [6.07, 6.45) is 13.1. The second kappa shape index (κ2) is 8.65. The zero-order valence-electron chi connectivity index (χ0n) is 21.2. The van der Waals surface area contributed by atoms with E-state index in [4.69, 9.17) is 9.84 Å². The number of esters is 1. The summed E-state index contributed by atoms with van der Waals surface area (Å²) < 4.78 is 9.67. The predicted molar refractivity (Wildman–Crippen MR) is 135 cm³/mol. The lowest BCUT2D eigenvalue weighted by Crippen LogP contribution is -2.25. The maximum Gasteiger partial charge on any atom is 0.341 e. The molecule has 2 heterocycles. The number of hydrogen-bond donors (Lipinski definition) is 0. The molecule has 0 spiro atoms. The first kappa shape index (κ1) is 22.6. The number of nitrogens with zero attached hydrogens (tertiary/aromatic N) is 4. The number of ether oxygens (including phenoxy) is 1. The van der Waals surface area contributed by atoms with Crippen molar-refractivity contribution in [3.8, 4) is 5.69 Å². The van der Waals surface area contributed by atoms with E-state index in [0.29, 0.717) is 30.0 Å². The van der Waals surface area contributed by atoms with Crippen LogP contribution in [-0.2, 0) is 16.6 Å². The Morgan fingerprint density at radius 3 is 2.77 bits per heavy atom. The Labute approximate surface area is 207 Å². The molecule has 3 aromatic rings. The third-order valence-corrected chi connectivity index (χ3v) is 8.38. The first-order valence-corrected chi connectivity index (χ1v) is 13.4. The van der Waals surface area contributed by atoms with Crippen molar-refractivity contribution in [1.29, 1.82) is 0 Å². The third kappa shape index (κ3) is 4.01. The molecule has 3 aliphatic carbocycles. The lowest BCUT2D eigenvalue weighted by molar-refractivity contribution is 0.0525. The summed E-state index contributed by atoms with van der Waals surface area (Å²) in [5, 5.41) is 9.53. The van der Waals surface area contributed by atoms with Crippen LogP contribution in [0.4, 0.5) is 0 Å². The summed E-state index contributed by atoms with van der Waals surface area (Å²) in [6, 6.07) is 9.27. The lowest BCUT2D eigenvalue weighted by Gasteiger charge is -2.33. The summed E-state index contributed by atoms with van der Waals surface area (Å²) in [5.41, 5.74) is 7.17. The molecule has 2 aromatic heterocycles. The molecule has 3 aliphatic rings. The van der Waals surface area contributed by atoms with Gasteiger partial charge in [0.05, 0.1) is 36.4 Å². The van der Waals surface area contributed by atoms with Gasteiger partial charge in [-0.05, 0) is 81.0 Å². The second-order valence-electron chi connectivity index (χ2n) is 11.3. The third-order valence-electron chi connectivity index (χ3n) is 8.38. The average molecular weight is 473 g/mol. The molecule has 2 atom stereocenters. The molecule has 0 unspecified atom stereocenters. The van der Waals surface area contributed by atoms with Gasteiger partial charge >= 0.3 is 5.97 Å². The number of aromatic nitrogens is 4. The summed E-state index contributed by atoms with van der Waals surface area (Å²) in [7, 11) is 0. The number of benzene rings is 1. The molecule has 1 aromatic carbocycles. The fourth-order valence-electron chi connectivity index (χ4n) is 6.45. The Bertz CT molecular complexity index is 1250. The highest BCUT2D eigenvalue weighted by Crippen LogP contribution is 2.45. The van der Waals surface area contributed by atoms with Gasteiger partial charge in [-0.1, -0.05) is 32.4 Å². The molecule has 6 rings (SSSR count). The van der Waals surface area contributed by atoms with Gasteiger partial charge in [0.2, 0.25) is 0 Å². The molecule has 2 saturated carbocycles. The Morgan fingerprint density at radius 1 is 1.11 bits per heavy atom. The number of aryl methyl sites for hydroxylation is 1. The van der Waals surface area contributed by atoms with Gasteiger partial charge in [0.1, 0.15) is 5.56 Å². The fourth-order valence-corrected chi connectivity index (χ4v) is 6.45. The minimum Gasteiger partial charge on any atom is -0.462 e. The van der Waals surface area contributed by atoms with Crippen LogP contribution in [0.5, 0.6) is 0 Å². The standard InChI is InChI=1S/C29H36N4O2/c1-4-35-28(34)25-18-31-32(26(25)19-11-12-19)23-9-5-7-20(15-23)21-8-6-10-24(16-21)33-27-22(17-30-33)13-14-29(27,2)3/h5,7,9,15,17-19,21,24H,4,6,8,10-14,16H2,1-3H3/t21-,24+/m1/s1. The smallest absolute Gasteiger partial charge is 0.341 e. The largest absolute Gasteiger partial charge is 0.462 e. The molecular weight excluding hydrogens is 436 g/mol. The zero-order valence-corrected chi connectivity index (χ0v) is 21.2. The molecule has 0 radical (unpaired) electrons. The van der Waals surface area contributed by atoms with Crippen LogP contribution in [0.25, 0.3) is 5.69 Å². The molecule has 0 bridgehead atoms. The average Bonchev–Trinajstić information content (AvgIpc) is 3.32. The van der Waals surface area contributed by atoms with Crippen LogP contribution in [0, 0.1) is 0 Å². The molecule has 0 aliphatic heterocycles. The van der Waals surface area contributed by atoms with Gasteiger partial charge in [0.25, 0.3) is 0 Å². The maximum atomic E-state index is 12.5. The van der Waals surface area contributed by atoms with Crippen LogP contribution in [0.1, 0.15) is 116 Å². The first-order chi connectivity index (χ1) is 17.0. The molecule has 35 heavy (non-hydrogen) atoms. The molecule has 6 heteroatoms. The van der Waals surface area contributed by atoms with Gasteiger partial charge in [-0.15, -0.1) is 0 Å². The monoisotopic (exact) mass is 472 g/mol. The zero-order chi connectivity index (χ0) is 24.2. The Kier molecular flexibility index (Phi) is 5.58. The van der Waals surface area contributed by atoms with E-state index < -0.39 is 0 Å². The van der Waals surface area contributed by atoms with E-state index in [2.05, 4.69) is 54.1 Å². The first-order valence-electron chi connectivity index (χ1n) is 13.4. The van der Waals surface area contributed by atoms with Crippen LogP contribution in [0.15, 0.2) is 36.7 Å². The quantitative estimate of drug-likeness (QED) is 0.398. The molecule has 184 valence electrons. The summed E-state index contributed by atoms with van der Waals surface area (Å²) in [6.45, 7) is 6.96. The highest BCUT2D eigenvalue weighted by Gasteiger charge is 2.37. The number of fused-ring (bicyclic) bond motifs is 1. The minimum atomic E-state index is -0.262. The van der Waals surface area contributed by atoms with Gasteiger partial charge in [-0.25, -0.2) is 9.48 Å². The van der Waals surface area contributed by atoms with Crippen molar-refractivity contribution in [3.63, 3.8) is 0 Å². The van der Waals surface area contributed by atoms with E-state index in [9.17, 15) is 4.79 Å². The Balaban J connectivity index is 1.28. The summed E-state index contributed by atoms with van der Waals surface area (Å²) >= 11 is 0. The number of hydrogen-bond acceptors (Lipinski definition) is 4. The van der Waals surface area contributed by atoms with Crippen molar-refractivity contribution in [2.24, 2.45) is 0 Å². The molecular formula is C29H36N4O2. The van der Waals surface area contributed by atoms with Crippen LogP contribution in [0.2, 0.25) is 0 Å². The van der Waals surface area contributed by atoms with Crippen molar-refractivity contribution in [2.45, 2.75) is 95.4 Å². The molecule has 0 saturated heterocycles. The number of carbonyl (C=O) groups is 1. The SMILES string of the molecule is CCOC(=O)c1cnn(-c2cccc([C@@H]3CCC[C@H](n4ncc5c4C(C)(C)CC5)C3)c2)c1C1CC1. The topological polar surface area (TPSA) is 61.9 Å². The van der Waals surface area contributed by atoms with Crippen LogP contribution >= 0.6 is 0 Å². The van der Waals surface area contributed by atoms with E-state index in [0.717, 1.165) is 37.1 Å².